The number of benzene rings is 3. The smallest absolute Gasteiger partial charge is 0.338 e. The molecule has 7 nitrogen and oxygen atoms in total. The number of ether oxygens (including phenoxy) is 1. The van der Waals surface area contributed by atoms with Gasteiger partial charge in [0.1, 0.15) is 27.0 Å². The van der Waals surface area contributed by atoms with Gasteiger partial charge in [0.15, 0.2) is 0 Å². The fraction of sp³-hybridized carbons (Fsp3) is 0.103. The Balaban J connectivity index is 1.99. The molecule has 3 aromatic carbocycles. The van der Waals surface area contributed by atoms with Crippen molar-refractivity contribution in [2.45, 2.75) is 17.7 Å². The Kier molecular flexibility index (Phi) is 8.13. The molecule has 1 atom stereocenters. The minimum absolute atomic E-state index is 0.00670. The van der Waals surface area contributed by atoms with Gasteiger partial charge in [0.2, 0.25) is 9.84 Å². The average Bonchev–Trinajstić information content (AvgIpc) is 3.27. The summed E-state index contributed by atoms with van der Waals surface area (Å²) in [4.78, 5) is 26.5. The van der Waals surface area contributed by atoms with Crippen molar-refractivity contribution < 1.29 is 26.7 Å². The number of carbonyl (C=O) groups is 1. The van der Waals surface area contributed by atoms with E-state index in [2.05, 4.69) is 0 Å². The zero-order valence-corrected chi connectivity index (χ0v) is 24.8. The van der Waals surface area contributed by atoms with Gasteiger partial charge in [0.05, 0.1) is 32.5 Å². The molecule has 0 amide bonds. The summed E-state index contributed by atoms with van der Waals surface area (Å²) in [6.07, 6.45) is 1.17. The molecular formula is C29H20Cl2F2N2O5S2. The number of sulfone groups is 1. The van der Waals surface area contributed by atoms with E-state index in [-0.39, 0.29) is 47.4 Å². The van der Waals surface area contributed by atoms with Crippen molar-refractivity contribution in [1.29, 1.82) is 0 Å². The second-order valence-electron chi connectivity index (χ2n) is 8.96. The van der Waals surface area contributed by atoms with E-state index in [0.29, 0.717) is 11.3 Å². The third-order valence-corrected chi connectivity index (χ3v) is 10.2. The summed E-state index contributed by atoms with van der Waals surface area (Å²) in [5.74, 6) is -4.95. The van der Waals surface area contributed by atoms with Crippen molar-refractivity contribution in [3.05, 3.63) is 124 Å². The number of hydrogen-bond donors (Lipinski definition) is 1. The second-order valence-corrected chi connectivity index (χ2v) is 12.7. The predicted molar refractivity (Wildman–Crippen MR) is 158 cm³/mol. The van der Waals surface area contributed by atoms with E-state index in [1.165, 1.54) is 61.5 Å². The third-order valence-electron chi connectivity index (χ3n) is 6.50. The quantitative estimate of drug-likeness (QED) is 0.311. The zero-order chi connectivity index (χ0) is 30.3. The molecule has 1 unspecified atom stereocenters. The standard InChI is InChI=1S/C29H20Cl2F2N2O5S2/c1-2-40-29(37)24-23(22-18(31)11-7-13-20(22)33)25(42(38,39)15-8-4-3-5-9-15)26(34)35-27(36)21(41-28(24)35)14-16-17(30)10-6-12-19(16)32/h3-14,23H,2,34H2,1H3/b21-14-. The first-order valence-electron chi connectivity index (χ1n) is 12.3. The Labute approximate surface area is 252 Å². The van der Waals surface area contributed by atoms with Crippen LogP contribution in [0.5, 0.6) is 0 Å². The summed E-state index contributed by atoms with van der Waals surface area (Å²) in [5, 5.41) is -0.181. The Morgan fingerprint density at radius 1 is 1.02 bits per heavy atom. The molecule has 0 bridgehead atoms. The number of allylic oxidation sites excluding steroid dienone is 1. The van der Waals surface area contributed by atoms with Crippen LogP contribution in [0.2, 0.25) is 10.0 Å². The Bertz CT molecular complexity index is 2030. The van der Waals surface area contributed by atoms with E-state index < -0.39 is 49.6 Å². The van der Waals surface area contributed by atoms with Crippen molar-refractivity contribution in [3.8, 4) is 0 Å². The van der Waals surface area contributed by atoms with E-state index in [9.17, 15) is 22.4 Å². The Morgan fingerprint density at radius 3 is 2.29 bits per heavy atom. The Hall–Kier alpha value is -3.77. The van der Waals surface area contributed by atoms with E-state index >= 15 is 4.39 Å². The van der Waals surface area contributed by atoms with Crippen molar-refractivity contribution in [2.75, 3.05) is 6.61 Å². The number of thiazole rings is 1. The molecule has 0 spiro atoms. The van der Waals surface area contributed by atoms with Crippen molar-refractivity contribution in [3.63, 3.8) is 0 Å². The number of nitrogens with two attached hydrogens (primary N) is 1. The molecule has 0 fully saturated rings. The van der Waals surface area contributed by atoms with Crippen LogP contribution in [0.3, 0.4) is 0 Å². The highest BCUT2D eigenvalue weighted by Crippen LogP contribution is 2.45. The molecule has 13 heteroatoms. The first-order valence-corrected chi connectivity index (χ1v) is 15.4. The summed E-state index contributed by atoms with van der Waals surface area (Å²) >= 11 is 13.3. The summed E-state index contributed by atoms with van der Waals surface area (Å²) < 4.78 is 64.4. The van der Waals surface area contributed by atoms with Gasteiger partial charge in [-0.1, -0.05) is 53.5 Å². The molecule has 1 aromatic heterocycles. The van der Waals surface area contributed by atoms with Gasteiger partial charge in [-0.15, -0.1) is 11.3 Å². The first-order chi connectivity index (χ1) is 20.0. The van der Waals surface area contributed by atoms with E-state index in [1.807, 2.05) is 0 Å². The van der Waals surface area contributed by atoms with E-state index in [0.717, 1.165) is 16.7 Å². The van der Waals surface area contributed by atoms with Crippen LogP contribution in [0.1, 0.15) is 24.0 Å². The number of aromatic nitrogens is 1. The van der Waals surface area contributed by atoms with Crippen LogP contribution in [0, 0.1) is 11.6 Å². The summed E-state index contributed by atoms with van der Waals surface area (Å²) in [5.41, 5.74) is 4.77. The molecule has 2 heterocycles. The molecule has 1 aliphatic rings. The molecule has 0 saturated carbocycles. The average molecular weight is 650 g/mol. The van der Waals surface area contributed by atoms with Crippen LogP contribution in [-0.2, 0) is 19.4 Å². The topological polar surface area (TPSA) is 108 Å². The van der Waals surface area contributed by atoms with Crippen LogP contribution >= 0.6 is 34.5 Å². The number of fused-ring (bicyclic) bond motifs is 1. The van der Waals surface area contributed by atoms with E-state index in [1.54, 1.807) is 6.07 Å². The molecule has 0 radical (unpaired) electrons. The minimum Gasteiger partial charge on any atom is -0.463 e. The second kappa shape index (κ2) is 11.5. The lowest BCUT2D eigenvalue weighted by Gasteiger charge is -2.28. The van der Waals surface area contributed by atoms with Crippen LogP contribution in [-0.4, -0.2) is 25.6 Å². The van der Waals surface area contributed by atoms with Gasteiger partial charge in [0.25, 0.3) is 5.56 Å². The highest BCUT2D eigenvalue weighted by Gasteiger charge is 2.44. The molecule has 42 heavy (non-hydrogen) atoms. The van der Waals surface area contributed by atoms with Crippen LogP contribution in [0.15, 0.2) is 81.3 Å². The molecule has 216 valence electrons. The number of hydrogen-bond acceptors (Lipinski definition) is 7. The number of nitrogens with zero attached hydrogens (tertiary/aromatic N) is 1. The fourth-order valence-corrected chi connectivity index (χ4v) is 7.99. The van der Waals surface area contributed by atoms with Gasteiger partial charge >= 0.3 is 5.97 Å². The van der Waals surface area contributed by atoms with Crippen LogP contribution in [0.25, 0.3) is 17.5 Å². The van der Waals surface area contributed by atoms with Gasteiger partial charge < -0.3 is 10.5 Å². The monoisotopic (exact) mass is 648 g/mol. The Morgan fingerprint density at radius 2 is 1.67 bits per heavy atom. The summed E-state index contributed by atoms with van der Waals surface area (Å²) in [6.45, 7) is 1.40. The van der Waals surface area contributed by atoms with Crippen molar-refractivity contribution >= 4 is 67.8 Å². The van der Waals surface area contributed by atoms with Crippen molar-refractivity contribution in [2.24, 2.45) is 5.73 Å². The van der Waals surface area contributed by atoms with Gasteiger partial charge in [-0.2, -0.15) is 0 Å². The normalized spacial score (nSPS) is 15.6. The maximum absolute atomic E-state index is 15.5. The van der Waals surface area contributed by atoms with Crippen molar-refractivity contribution in [1.82, 2.24) is 4.57 Å². The lowest BCUT2D eigenvalue weighted by molar-refractivity contribution is -0.136. The largest absolute Gasteiger partial charge is 0.463 e. The number of rotatable bonds is 6. The van der Waals surface area contributed by atoms with E-state index in [4.69, 9.17) is 33.7 Å². The van der Waals surface area contributed by atoms with Crippen LogP contribution < -0.4 is 20.5 Å². The molecule has 5 rings (SSSR count). The fourth-order valence-electron chi connectivity index (χ4n) is 4.67. The lowest BCUT2D eigenvalue weighted by Crippen LogP contribution is -2.41. The zero-order valence-electron chi connectivity index (χ0n) is 21.6. The molecule has 0 aliphatic carbocycles. The number of esters is 1. The molecule has 0 saturated heterocycles. The molecule has 2 N–H and O–H groups in total. The first kappa shape index (κ1) is 29.7. The SMILES string of the molecule is CCOC(=O)C1=c2s/c(=C\c3c(F)cccc3Cl)c(=O)n2C(N)=C(S(=O)(=O)c2ccccc2)C1c1c(F)cccc1Cl. The predicted octanol–water partition coefficient (Wildman–Crippen LogP) is 4.39. The molecular weight excluding hydrogens is 629 g/mol. The summed E-state index contributed by atoms with van der Waals surface area (Å²) in [6, 6.07) is 14.8. The highest BCUT2D eigenvalue weighted by molar-refractivity contribution is 7.95. The molecule has 4 aromatic rings. The number of carbonyl (C=O) groups excluding carboxylic acids is 1. The van der Waals surface area contributed by atoms with Gasteiger partial charge in [0, 0.05) is 16.1 Å². The van der Waals surface area contributed by atoms with Crippen LogP contribution in [0.4, 0.5) is 8.78 Å². The molecule has 1 aliphatic heterocycles. The van der Waals surface area contributed by atoms with Gasteiger partial charge in [-0.25, -0.2) is 22.0 Å². The minimum atomic E-state index is -4.59. The summed E-state index contributed by atoms with van der Waals surface area (Å²) in [7, 11) is -4.59. The lowest BCUT2D eigenvalue weighted by atomic mass is 9.89. The highest BCUT2D eigenvalue weighted by atomic mass is 35.5. The number of halogens is 4. The third kappa shape index (κ3) is 4.96. The maximum Gasteiger partial charge on any atom is 0.338 e. The van der Waals surface area contributed by atoms with Gasteiger partial charge in [-0.3, -0.25) is 9.36 Å². The maximum atomic E-state index is 15.5. The van der Waals surface area contributed by atoms with Gasteiger partial charge in [-0.05, 0) is 49.4 Å².